The lowest BCUT2D eigenvalue weighted by molar-refractivity contribution is -0.736. The average Bonchev–Trinajstić information content (AvgIpc) is 3.05. The summed E-state index contributed by atoms with van der Waals surface area (Å²) in [7, 11) is 0. The summed E-state index contributed by atoms with van der Waals surface area (Å²) in [5.74, 6) is -2.46. The van der Waals surface area contributed by atoms with E-state index >= 15 is 0 Å². The minimum atomic E-state index is -1.25. The van der Waals surface area contributed by atoms with Gasteiger partial charge in [-0.05, 0) is 18.1 Å². The number of esters is 2. The topological polar surface area (TPSA) is 87.9 Å². The first-order valence-electron chi connectivity index (χ1n) is 8.55. The molecule has 2 atom stereocenters. The highest BCUT2D eigenvalue weighted by Crippen LogP contribution is 2.30. The van der Waals surface area contributed by atoms with E-state index in [1.54, 1.807) is 49.4 Å². The van der Waals surface area contributed by atoms with Crippen LogP contribution in [0.15, 0.2) is 60.7 Å². The zero-order valence-electron chi connectivity index (χ0n) is 14.7. The molecule has 0 unspecified atom stereocenters. The van der Waals surface area contributed by atoms with Crippen molar-refractivity contribution in [2.24, 2.45) is 0 Å². The number of benzene rings is 2. The molecule has 0 bridgehead atoms. The molecule has 2 aromatic carbocycles. The number of hydrogen-bond donors (Lipinski definition) is 0. The first-order valence-corrected chi connectivity index (χ1v) is 8.55. The van der Waals surface area contributed by atoms with Gasteiger partial charge in [-0.1, -0.05) is 60.7 Å². The lowest BCUT2D eigenvalue weighted by atomic mass is 9.89. The van der Waals surface area contributed by atoms with Crippen LogP contribution in [0.3, 0.4) is 0 Å². The minimum Gasteiger partial charge on any atom is -0.465 e. The van der Waals surface area contributed by atoms with Crippen LogP contribution in [0.1, 0.15) is 24.0 Å². The van der Waals surface area contributed by atoms with Crippen molar-refractivity contribution < 1.29 is 28.8 Å². The average molecular weight is 369 g/mol. The summed E-state index contributed by atoms with van der Waals surface area (Å²) < 4.78 is 10.3. The smallest absolute Gasteiger partial charge is 0.406 e. The van der Waals surface area contributed by atoms with Crippen LogP contribution >= 0.6 is 0 Å². The zero-order chi connectivity index (χ0) is 19.2. The van der Waals surface area contributed by atoms with Crippen molar-refractivity contribution in [3.63, 3.8) is 0 Å². The molecule has 7 heteroatoms. The summed E-state index contributed by atoms with van der Waals surface area (Å²) in [6, 6.07) is 17.8. The Morgan fingerprint density at radius 1 is 1.04 bits per heavy atom. The quantitative estimate of drug-likeness (QED) is 0.574. The molecule has 1 heterocycles. The number of nitrogens with zero attached hydrogens (tertiary/aromatic N) is 1. The molecule has 140 valence electrons. The molecule has 2 aromatic rings. The van der Waals surface area contributed by atoms with Gasteiger partial charge in [-0.25, -0.2) is 4.79 Å². The minimum absolute atomic E-state index is 0.00258. The Hall–Kier alpha value is -3.35. The van der Waals surface area contributed by atoms with Crippen molar-refractivity contribution in [2.45, 2.75) is 25.6 Å². The Morgan fingerprint density at radius 2 is 1.67 bits per heavy atom. The van der Waals surface area contributed by atoms with Crippen molar-refractivity contribution in [3.8, 4) is 0 Å². The second kappa shape index (κ2) is 8.35. The molecule has 0 aliphatic carbocycles. The van der Waals surface area contributed by atoms with E-state index in [0.717, 1.165) is 5.56 Å². The Labute approximate surface area is 156 Å². The number of carbonyl (C=O) groups excluding carboxylic acids is 2. The molecule has 0 radical (unpaired) electrons. The number of rotatable bonds is 6. The molecule has 0 aromatic heterocycles. The van der Waals surface area contributed by atoms with Gasteiger partial charge in [0.2, 0.25) is 0 Å². The highest BCUT2D eigenvalue weighted by Gasteiger charge is 2.50. The van der Waals surface area contributed by atoms with Gasteiger partial charge in [0.15, 0.2) is 6.10 Å². The Morgan fingerprint density at radius 3 is 2.30 bits per heavy atom. The van der Waals surface area contributed by atoms with E-state index in [1.807, 2.05) is 18.2 Å². The van der Waals surface area contributed by atoms with Gasteiger partial charge in [0.05, 0.1) is 11.5 Å². The van der Waals surface area contributed by atoms with Gasteiger partial charge in [-0.15, -0.1) is 0 Å². The van der Waals surface area contributed by atoms with Crippen LogP contribution in [0.5, 0.6) is 0 Å². The summed E-state index contributed by atoms with van der Waals surface area (Å²) in [4.78, 5) is 30.0. The molecule has 1 aliphatic rings. The Kier molecular flexibility index (Phi) is 5.71. The molecule has 27 heavy (non-hydrogen) atoms. The van der Waals surface area contributed by atoms with Gasteiger partial charge < -0.3 is 14.3 Å². The number of hydrogen-bond acceptors (Lipinski definition) is 6. The largest absolute Gasteiger partial charge is 0.465 e. The van der Waals surface area contributed by atoms with Crippen LogP contribution in [0.25, 0.3) is 0 Å². The maximum Gasteiger partial charge on any atom is 0.406 e. The molecule has 0 N–H and O–H groups in total. The van der Waals surface area contributed by atoms with Crippen LogP contribution < -0.4 is 0 Å². The Balaban J connectivity index is 1.85. The second-order valence-corrected chi connectivity index (χ2v) is 5.87. The molecular formula is C20H19NO6. The summed E-state index contributed by atoms with van der Waals surface area (Å²) in [6.45, 7) is 1.79. The Bertz CT molecular complexity index is 834. The van der Waals surface area contributed by atoms with E-state index in [1.165, 1.54) is 0 Å². The van der Waals surface area contributed by atoms with E-state index in [9.17, 15) is 14.8 Å². The second-order valence-electron chi connectivity index (χ2n) is 5.87. The van der Waals surface area contributed by atoms with Crippen LogP contribution in [-0.2, 0) is 30.5 Å². The van der Waals surface area contributed by atoms with Crippen molar-refractivity contribution in [1.29, 1.82) is 0 Å². The molecular weight excluding hydrogens is 350 g/mol. The third kappa shape index (κ3) is 4.08. The van der Waals surface area contributed by atoms with Crippen molar-refractivity contribution >= 4 is 17.7 Å². The van der Waals surface area contributed by atoms with E-state index in [4.69, 9.17) is 14.3 Å². The SMILES string of the molecule is CCOC(=O)[C@@H]1O[N+]([O-])=C(C(=O)OCc2ccccc2)[C@H]1c1ccccc1. The summed E-state index contributed by atoms with van der Waals surface area (Å²) in [5.41, 5.74) is 1.08. The van der Waals surface area contributed by atoms with E-state index < -0.39 is 24.0 Å². The maximum atomic E-state index is 12.6. The zero-order valence-corrected chi connectivity index (χ0v) is 14.7. The summed E-state index contributed by atoms with van der Waals surface area (Å²) in [6.07, 6.45) is -1.25. The number of ether oxygens (including phenoxy) is 2. The molecule has 0 amide bonds. The fourth-order valence-electron chi connectivity index (χ4n) is 2.87. The standard InChI is InChI=1S/C20H19NO6/c1-2-25-20(23)18-16(15-11-7-4-8-12-15)17(21(24)27-18)19(22)26-13-14-9-5-3-6-10-14/h3-12,16,18H,2,13H2,1H3/t16-,18-/m1/s1. The lowest BCUT2D eigenvalue weighted by Gasteiger charge is -2.17. The van der Waals surface area contributed by atoms with Crippen LogP contribution in [0.4, 0.5) is 0 Å². The molecule has 0 fully saturated rings. The molecule has 7 nitrogen and oxygen atoms in total. The van der Waals surface area contributed by atoms with Gasteiger partial charge in [-0.3, -0.25) is 10.0 Å². The van der Waals surface area contributed by atoms with Gasteiger partial charge in [0, 0.05) is 0 Å². The highest BCUT2D eigenvalue weighted by atomic mass is 16.9. The molecule has 0 saturated heterocycles. The van der Waals surface area contributed by atoms with Crippen LogP contribution in [0, 0.1) is 5.21 Å². The molecule has 0 spiro atoms. The predicted molar refractivity (Wildman–Crippen MR) is 95.6 cm³/mol. The van der Waals surface area contributed by atoms with E-state index in [-0.39, 0.29) is 23.8 Å². The van der Waals surface area contributed by atoms with E-state index in [2.05, 4.69) is 0 Å². The van der Waals surface area contributed by atoms with Gasteiger partial charge in [0.1, 0.15) is 12.5 Å². The fraction of sp³-hybridized carbons (Fsp3) is 0.250. The van der Waals surface area contributed by atoms with Crippen molar-refractivity contribution in [2.75, 3.05) is 6.61 Å². The van der Waals surface area contributed by atoms with Crippen molar-refractivity contribution in [3.05, 3.63) is 77.0 Å². The van der Waals surface area contributed by atoms with Crippen molar-refractivity contribution in [1.82, 2.24) is 0 Å². The number of carbonyl (C=O) groups is 2. The maximum absolute atomic E-state index is 12.6. The molecule has 3 rings (SSSR count). The third-order valence-electron chi connectivity index (χ3n) is 4.10. The first-order chi connectivity index (χ1) is 13.1. The highest BCUT2D eigenvalue weighted by molar-refractivity contribution is 6.37. The van der Waals surface area contributed by atoms with Gasteiger partial charge in [-0.2, -0.15) is 0 Å². The van der Waals surface area contributed by atoms with Crippen LogP contribution in [-0.4, -0.2) is 35.3 Å². The predicted octanol–water partition coefficient (Wildman–Crippen LogP) is 2.34. The van der Waals surface area contributed by atoms with E-state index in [0.29, 0.717) is 5.56 Å². The lowest BCUT2D eigenvalue weighted by Crippen LogP contribution is -2.34. The fourth-order valence-corrected chi connectivity index (χ4v) is 2.87. The summed E-state index contributed by atoms with van der Waals surface area (Å²) >= 11 is 0. The molecule has 1 aliphatic heterocycles. The van der Waals surface area contributed by atoms with Gasteiger partial charge in [0.25, 0.3) is 0 Å². The third-order valence-corrected chi connectivity index (χ3v) is 4.10. The monoisotopic (exact) mass is 369 g/mol. The summed E-state index contributed by atoms with van der Waals surface area (Å²) in [5, 5.41) is 12.3. The van der Waals surface area contributed by atoms with Crippen LogP contribution in [0.2, 0.25) is 0 Å². The first kappa shape index (κ1) is 18.4. The van der Waals surface area contributed by atoms with Gasteiger partial charge >= 0.3 is 17.7 Å². The molecule has 0 saturated carbocycles. The normalized spacial score (nSPS) is 18.7.